The van der Waals surface area contributed by atoms with Gasteiger partial charge in [0.2, 0.25) is 0 Å². The summed E-state index contributed by atoms with van der Waals surface area (Å²) >= 11 is 0. The normalized spacial score (nSPS) is 11.9. The summed E-state index contributed by atoms with van der Waals surface area (Å²) in [6.07, 6.45) is 0.629. The molecular weight excluding hydrogens is 309 g/mol. The second-order valence-corrected chi connectivity index (χ2v) is 5.44. The Labute approximate surface area is 142 Å². The first kappa shape index (κ1) is 18.1. The molecule has 4 nitrogen and oxygen atoms in total. The third kappa shape index (κ3) is 4.17. The van der Waals surface area contributed by atoms with Gasteiger partial charge >= 0.3 is 0 Å². The topological polar surface area (TPSA) is 53.7 Å². The van der Waals surface area contributed by atoms with Gasteiger partial charge in [0, 0.05) is 5.92 Å². The molecule has 0 heterocycles. The molecule has 1 unspecified atom stereocenters. The Morgan fingerprint density at radius 1 is 1.04 bits per heavy atom. The monoisotopic (exact) mass is 333 g/mol. The molecule has 0 spiro atoms. The van der Waals surface area contributed by atoms with Gasteiger partial charge in [-0.05, 0) is 61.3 Å². The third-order valence-corrected chi connectivity index (χ3v) is 3.97. The standard InChI is InChI=1S/C19H24FNO3/c1-4-24-19-7-5-13(11-17(19)20)15(12-21)9-14-10-16(22-2)6-8-18(14)23-3/h5-8,10-11,15H,4,9,12,21H2,1-3H3. The highest BCUT2D eigenvalue weighted by atomic mass is 19.1. The first-order valence-electron chi connectivity index (χ1n) is 7.96. The molecule has 24 heavy (non-hydrogen) atoms. The van der Waals surface area contributed by atoms with Gasteiger partial charge in [0.15, 0.2) is 11.6 Å². The van der Waals surface area contributed by atoms with E-state index < -0.39 is 0 Å². The molecule has 5 heteroatoms. The van der Waals surface area contributed by atoms with Crippen molar-refractivity contribution in [3.63, 3.8) is 0 Å². The number of nitrogens with two attached hydrogens (primary N) is 1. The summed E-state index contributed by atoms with van der Waals surface area (Å²) in [6, 6.07) is 10.6. The maximum absolute atomic E-state index is 14.1. The Morgan fingerprint density at radius 3 is 2.38 bits per heavy atom. The minimum absolute atomic E-state index is 0.0313. The lowest BCUT2D eigenvalue weighted by Gasteiger charge is -2.18. The van der Waals surface area contributed by atoms with Gasteiger partial charge in [-0.2, -0.15) is 0 Å². The molecule has 0 aliphatic rings. The maximum Gasteiger partial charge on any atom is 0.165 e. The number of hydrogen-bond donors (Lipinski definition) is 1. The average Bonchev–Trinajstić information content (AvgIpc) is 2.61. The first-order valence-corrected chi connectivity index (χ1v) is 7.96. The van der Waals surface area contributed by atoms with Crippen LogP contribution in [0.4, 0.5) is 4.39 Å². The molecule has 0 amide bonds. The van der Waals surface area contributed by atoms with E-state index >= 15 is 0 Å². The quantitative estimate of drug-likeness (QED) is 0.803. The highest BCUT2D eigenvalue weighted by Crippen LogP contribution is 2.31. The largest absolute Gasteiger partial charge is 0.497 e. The van der Waals surface area contributed by atoms with E-state index in [0.29, 0.717) is 19.6 Å². The fraction of sp³-hybridized carbons (Fsp3) is 0.368. The van der Waals surface area contributed by atoms with Gasteiger partial charge in [-0.25, -0.2) is 4.39 Å². The zero-order chi connectivity index (χ0) is 17.5. The number of benzene rings is 2. The summed E-state index contributed by atoms with van der Waals surface area (Å²) in [6.45, 7) is 2.65. The van der Waals surface area contributed by atoms with Crippen molar-refractivity contribution in [2.45, 2.75) is 19.3 Å². The Bertz CT molecular complexity index is 676. The van der Waals surface area contributed by atoms with Crippen LogP contribution in [0.25, 0.3) is 0 Å². The van der Waals surface area contributed by atoms with E-state index in [1.807, 2.05) is 31.2 Å². The molecule has 2 aromatic carbocycles. The van der Waals surface area contributed by atoms with Crippen molar-refractivity contribution < 1.29 is 18.6 Å². The Kier molecular flexibility index (Phi) is 6.44. The van der Waals surface area contributed by atoms with Crippen molar-refractivity contribution in [1.82, 2.24) is 0 Å². The van der Waals surface area contributed by atoms with Crippen LogP contribution in [0.3, 0.4) is 0 Å². The summed E-state index contributed by atoms with van der Waals surface area (Å²) in [5, 5.41) is 0. The number of rotatable bonds is 8. The molecule has 1 atom stereocenters. The minimum Gasteiger partial charge on any atom is -0.497 e. The van der Waals surface area contributed by atoms with Crippen LogP contribution in [-0.4, -0.2) is 27.4 Å². The fourth-order valence-corrected chi connectivity index (χ4v) is 2.69. The summed E-state index contributed by atoms with van der Waals surface area (Å²) in [7, 11) is 3.24. The predicted octanol–water partition coefficient (Wildman–Crippen LogP) is 3.53. The molecule has 0 bridgehead atoms. The second-order valence-electron chi connectivity index (χ2n) is 5.44. The molecule has 130 valence electrons. The molecule has 0 aromatic heterocycles. The van der Waals surface area contributed by atoms with Crippen molar-refractivity contribution in [2.24, 2.45) is 5.73 Å². The van der Waals surface area contributed by atoms with E-state index in [1.165, 1.54) is 6.07 Å². The molecule has 0 fully saturated rings. The highest BCUT2D eigenvalue weighted by molar-refractivity contribution is 5.42. The molecule has 0 aliphatic heterocycles. The first-order chi connectivity index (χ1) is 11.6. The zero-order valence-corrected chi connectivity index (χ0v) is 14.3. The maximum atomic E-state index is 14.1. The predicted molar refractivity (Wildman–Crippen MR) is 92.6 cm³/mol. The summed E-state index contributed by atoms with van der Waals surface area (Å²) in [5.74, 6) is 1.37. The van der Waals surface area contributed by atoms with E-state index in [4.69, 9.17) is 19.9 Å². The average molecular weight is 333 g/mol. The van der Waals surface area contributed by atoms with Crippen LogP contribution in [-0.2, 0) is 6.42 Å². The van der Waals surface area contributed by atoms with Gasteiger partial charge in [-0.3, -0.25) is 0 Å². The van der Waals surface area contributed by atoms with Crippen molar-refractivity contribution >= 4 is 0 Å². The van der Waals surface area contributed by atoms with Gasteiger partial charge in [0.1, 0.15) is 11.5 Å². The van der Waals surface area contributed by atoms with Gasteiger partial charge in [0.05, 0.1) is 20.8 Å². The Hall–Kier alpha value is -2.27. The van der Waals surface area contributed by atoms with Crippen LogP contribution in [0.1, 0.15) is 24.0 Å². The van der Waals surface area contributed by atoms with Crippen LogP contribution in [0.2, 0.25) is 0 Å². The van der Waals surface area contributed by atoms with Crippen LogP contribution in [0, 0.1) is 5.82 Å². The molecule has 0 aliphatic carbocycles. The van der Waals surface area contributed by atoms with Crippen molar-refractivity contribution in [1.29, 1.82) is 0 Å². The summed E-state index contributed by atoms with van der Waals surface area (Å²) < 4.78 is 30.1. The number of methoxy groups -OCH3 is 2. The SMILES string of the molecule is CCOc1ccc(C(CN)Cc2cc(OC)ccc2OC)cc1F. The Morgan fingerprint density at radius 2 is 1.79 bits per heavy atom. The van der Waals surface area contributed by atoms with Crippen LogP contribution in [0.5, 0.6) is 17.2 Å². The van der Waals surface area contributed by atoms with Crippen molar-refractivity contribution in [3.05, 3.63) is 53.3 Å². The fourth-order valence-electron chi connectivity index (χ4n) is 2.69. The molecular formula is C19H24FNO3. The summed E-state index contributed by atoms with van der Waals surface area (Å²) in [5.41, 5.74) is 7.75. The van der Waals surface area contributed by atoms with E-state index in [9.17, 15) is 4.39 Å². The lowest BCUT2D eigenvalue weighted by Crippen LogP contribution is -2.16. The number of halogens is 1. The minimum atomic E-state index is -0.370. The lowest BCUT2D eigenvalue weighted by molar-refractivity contribution is 0.321. The highest BCUT2D eigenvalue weighted by Gasteiger charge is 2.16. The second kappa shape index (κ2) is 8.55. The molecule has 2 N–H and O–H groups in total. The molecule has 2 aromatic rings. The third-order valence-electron chi connectivity index (χ3n) is 3.97. The molecule has 0 saturated carbocycles. The van der Waals surface area contributed by atoms with E-state index in [1.54, 1.807) is 20.3 Å². The van der Waals surface area contributed by atoms with E-state index in [-0.39, 0.29) is 17.5 Å². The molecule has 2 rings (SSSR count). The summed E-state index contributed by atoms with van der Waals surface area (Å²) in [4.78, 5) is 0. The molecule has 0 saturated heterocycles. The smallest absolute Gasteiger partial charge is 0.165 e. The van der Waals surface area contributed by atoms with Gasteiger partial charge < -0.3 is 19.9 Å². The zero-order valence-electron chi connectivity index (χ0n) is 14.3. The van der Waals surface area contributed by atoms with Gasteiger partial charge in [-0.1, -0.05) is 6.07 Å². The van der Waals surface area contributed by atoms with Crippen molar-refractivity contribution in [2.75, 3.05) is 27.4 Å². The van der Waals surface area contributed by atoms with E-state index in [0.717, 1.165) is 22.6 Å². The van der Waals surface area contributed by atoms with Gasteiger partial charge in [0.25, 0.3) is 0 Å². The lowest BCUT2D eigenvalue weighted by atomic mass is 9.91. The number of hydrogen-bond acceptors (Lipinski definition) is 4. The van der Waals surface area contributed by atoms with Gasteiger partial charge in [-0.15, -0.1) is 0 Å². The number of ether oxygens (including phenoxy) is 3. The molecule has 0 radical (unpaired) electrons. The van der Waals surface area contributed by atoms with Crippen LogP contribution >= 0.6 is 0 Å². The van der Waals surface area contributed by atoms with Crippen LogP contribution < -0.4 is 19.9 Å². The van der Waals surface area contributed by atoms with Crippen LogP contribution in [0.15, 0.2) is 36.4 Å². The Balaban J connectivity index is 2.28. The van der Waals surface area contributed by atoms with E-state index in [2.05, 4.69) is 0 Å². The van der Waals surface area contributed by atoms with Crippen molar-refractivity contribution in [3.8, 4) is 17.2 Å².